The zero-order valence-electron chi connectivity index (χ0n) is 69.9. The molecule has 5 rings (SSSR count). The highest BCUT2D eigenvalue weighted by molar-refractivity contribution is 6.03. The lowest BCUT2D eigenvalue weighted by Crippen LogP contribution is -2.70. The molecule has 0 radical (unpaired) electrons. The summed E-state index contributed by atoms with van der Waals surface area (Å²) >= 11 is 0. The van der Waals surface area contributed by atoms with E-state index in [2.05, 4.69) is 93.8 Å². The van der Waals surface area contributed by atoms with Gasteiger partial charge in [0.15, 0.2) is 36.9 Å². The summed E-state index contributed by atoms with van der Waals surface area (Å²) in [6.45, 7) is 26.3. The van der Waals surface area contributed by atoms with Crippen molar-refractivity contribution >= 4 is 77.6 Å². The van der Waals surface area contributed by atoms with Crippen LogP contribution in [-0.4, -0.2) is 225 Å². The molecule has 1 aliphatic heterocycles. The molecule has 0 amide bonds. The molecule has 50 heteroatoms. The second-order valence-corrected chi connectivity index (χ2v) is 29.5. The highest BCUT2D eigenvalue weighted by Gasteiger charge is 2.81. The number of hydrogen-bond acceptors (Lipinski definition) is 27. The molecule has 0 aromatic carbocycles. The average molecular weight is 1890 g/mol. The maximum absolute atomic E-state index is 13.8. The number of rotatable bonds is 30. The maximum Gasteiger partial charge on any atom is 0.434 e. The van der Waals surface area contributed by atoms with Gasteiger partial charge in [0.1, 0.15) is 37.1 Å². The summed E-state index contributed by atoms with van der Waals surface area (Å²) in [4.78, 5) is 147. The number of alkyl halides is 23. The van der Waals surface area contributed by atoms with Crippen LogP contribution in [0.1, 0.15) is 172 Å². The van der Waals surface area contributed by atoms with E-state index < -0.39 is 225 Å². The number of methoxy groups -OCH3 is 1. The Bertz CT molecular complexity index is 3910. The monoisotopic (exact) mass is 1890 g/mol. The predicted octanol–water partition coefficient (Wildman–Crippen LogP) is 15.1. The van der Waals surface area contributed by atoms with E-state index in [0.717, 1.165) is 32.8 Å². The van der Waals surface area contributed by atoms with Gasteiger partial charge in [-0.05, 0) is 132 Å². The fourth-order valence-corrected chi connectivity index (χ4v) is 11.7. The van der Waals surface area contributed by atoms with Crippen LogP contribution in [0.2, 0.25) is 0 Å². The Kier molecular flexibility index (Phi) is 43.5. The fourth-order valence-electron chi connectivity index (χ4n) is 11.7. The van der Waals surface area contributed by atoms with Crippen molar-refractivity contribution in [1.29, 1.82) is 0 Å². The van der Waals surface area contributed by atoms with Crippen molar-refractivity contribution in [3.8, 4) is 0 Å². The average Bonchev–Trinajstić information content (AvgIpc) is 1.53. The molecular formula is C77H95F23O27. The molecule has 27 nitrogen and oxygen atoms in total. The van der Waals surface area contributed by atoms with Gasteiger partial charge in [-0.2, -0.15) is 101 Å². The van der Waals surface area contributed by atoms with E-state index in [9.17, 15) is 168 Å². The van der Waals surface area contributed by atoms with Crippen LogP contribution in [0.15, 0.2) is 72.9 Å². The summed E-state index contributed by atoms with van der Waals surface area (Å²) in [5.74, 6) is -42.7. The van der Waals surface area contributed by atoms with Gasteiger partial charge in [-0.3, -0.25) is 9.59 Å². The van der Waals surface area contributed by atoms with E-state index >= 15 is 0 Å². The quantitative estimate of drug-likeness (QED) is 0.0174. The Morgan fingerprint density at radius 3 is 1.33 bits per heavy atom. The van der Waals surface area contributed by atoms with Crippen LogP contribution in [0.5, 0.6) is 0 Å². The Morgan fingerprint density at radius 1 is 0.504 bits per heavy atom. The number of carbonyl (C=O) groups excluding carboxylic acids is 13. The van der Waals surface area contributed by atoms with Crippen LogP contribution in [0.4, 0.5) is 101 Å². The van der Waals surface area contributed by atoms with Gasteiger partial charge in [-0.15, -0.1) is 0 Å². The second kappa shape index (κ2) is 47.3. The molecule has 0 aromatic rings. The second-order valence-electron chi connectivity index (χ2n) is 29.5. The van der Waals surface area contributed by atoms with Gasteiger partial charge < -0.3 is 66.7 Å². The van der Waals surface area contributed by atoms with Gasteiger partial charge in [-0.1, -0.05) is 79.0 Å². The Labute approximate surface area is 710 Å². The van der Waals surface area contributed by atoms with Crippen LogP contribution >= 0.6 is 0 Å². The lowest BCUT2D eigenvalue weighted by molar-refractivity contribution is -0.407. The first-order chi connectivity index (χ1) is 57.5. The predicted molar refractivity (Wildman–Crippen MR) is 384 cm³/mol. The van der Waals surface area contributed by atoms with E-state index in [4.69, 9.17) is 14.2 Å². The van der Waals surface area contributed by atoms with Gasteiger partial charge in [0, 0.05) is 45.3 Å². The largest absolute Gasteiger partial charge is 0.464 e. The minimum Gasteiger partial charge on any atom is -0.464 e. The smallest absolute Gasteiger partial charge is 0.434 e. The van der Waals surface area contributed by atoms with Crippen molar-refractivity contribution in [3.05, 3.63) is 72.9 Å². The normalized spacial score (nSPS) is 19.0. The van der Waals surface area contributed by atoms with Crippen molar-refractivity contribution in [2.75, 3.05) is 40.1 Å². The van der Waals surface area contributed by atoms with Gasteiger partial charge in [0.05, 0.1) is 7.11 Å². The molecule has 5 fully saturated rings. The Hall–Kier alpha value is -10.1. The van der Waals surface area contributed by atoms with E-state index in [1.807, 2.05) is 0 Å². The Balaban J connectivity index is 0.00000153. The van der Waals surface area contributed by atoms with E-state index in [-0.39, 0.29) is 79.0 Å². The number of fused-ring (bicyclic) bond motifs is 1. The molecule has 4 saturated carbocycles. The van der Waals surface area contributed by atoms with Crippen molar-refractivity contribution in [2.45, 2.75) is 274 Å². The van der Waals surface area contributed by atoms with Gasteiger partial charge in [-0.25, -0.2) is 52.7 Å². The summed E-state index contributed by atoms with van der Waals surface area (Å²) in [7, 11) is 0.837. The molecule has 1 N–H and O–H groups in total. The number of halogens is 23. The number of hydrogen-bond donors (Lipinski definition) is 1. The van der Waals surface area contributed by atoms with Crippen LogP contribution in [0.25, 0.3) is 0 Å². The van der Waals surface area contributed by atoms with Crippen LogP contribution in [0, 0.1) is 17.3 Å². The molecule has 4 aliphatic carbocycles. The summed E-state index contributed by atoms with van der Waals surface area (Å²) in [6, 6.07) is 0. The van der Waals surface area contributed by atoms with Crippen molar-refractivity contribution < 1.29 is 230 Å². The third-order valence-corrected chi connectivity index (χ3v) is 18.6. The van der Waals surface area contributed by atoms with Crippen LogP contribution in [0.3, 0.4) is 0 Å². The van der Waals surface area contributed by atoms with Crippen LogP contribution < -0.4 is 0 Å². The molecule has 726 valence electrons. The minimum atomic E-state index is -6.42. The molecule has 0 aromatic heterocycles. The molecule has 1 heterocycles. The molecule has 5 aliphatic rings. The molecule has 0 spiro atoms. The SMILES string of the molecule is C=C(C)C(=O)OC(CC)C(F)(F)C(=O)OC.C=C(C)C(=O)OC1(CC)CCCCCCC1.C=C(C)C(=O)OC1C2CC3C1OC(=O)C3(C(=O)OC(C(F)(F)F)C(F)(F)F)C2.C=C(C)C(=O)OCC(=O)OC(C)(C)C(O)(C(F)(F)F)C(F)(F)F.C=C(C)C(=O)OCC(=O)OCC(F)(F)F.C=C(C)C(=O)OCCOC(=O)C(F)(F)C(F)(F)C(F)(F)C(=O)OC1CCCCC1. The third-order valence-electron chi connectivity index (χ3n) is 18.6. The molecule has 127 heavy (non-hydrogen) atoms. The number of ether oxygens (including phenoxy) is 13. The van der Waals surface area contributed by atoms with E-state index in [0.29, 0.717) is 18.4 Å². The van der Waals surface area contributed by atoms with Crippen molar-refractivity contribution in [1.82, 2.24) is 0 Å². The molecular weight excluding hydrogens is 1790 g/mol. The highest BCUT2D eigenvalue weighted by Crippen LogP contribution is 2.64. The first-order valence-corrected chi connectivity index (χ1v) is 37.4. The number of esters is 13. The number of aliphatic hydroxyl groups is 1. The number of carbonyl (C=O) groups is 13. The van der Waals surface area contributed by atoms with Gasteiger partial charge in [0.25, 0.3) is 11.7 Å². The first-order valence-electron chi connectivity index (χ1n) is 37.4. The van der Waals surface area contributed by atoms with Gasteiger partial charge >= 0.3 is 132 Å². The standard InChI is InChI=1S/C17H20F6O6.C16H14F6O6.C14H24O2.C12H14F6O5.C10H14F2O4.C8H9F3O4/c1-10(2)12(24)27-8-9-28-13(25)15(18,19)17(22,23)16(20,21)14(26)29-11-6-4-3-5-7-11;1-5(2)10(23)26-8-6-3-7-9(8)27-12(24)14(7,4-6)13(25)28-11(15(17,18)19)16(20,21)22;1-4-14(16-13(15)12(2)3)10-8-6-5-7-9-11-14;1-6(2)8(20)22-5-7(19)23-9(3,4)10(21,11(13,14)15)12(16,17)18;1-5-7(16-8(13)6(2)3)10(11,12)9(14)15-4;1-5(2)7(13)14-3-6(12)15-4-8(9,10)11/h11H,1,3-9H2,2H3;6-9,11H,1,3-4H2,2H3;2,4-11H2,1,3H3;21H,1,5H2,2-4H3;7H,2,5H2,1,3-4H3;1,3-4H2,2H3. The lowest BCUT2D eigenvalue weighted by atomic mass is 9.73. The zero-order valence-corrected chi connectivity index (χ0v) is 69.9. The maximum atomic E-state index is 13.8. The summed E-state index contributed by atoms with van der Waals surface area (Å²) < 4.78 is 353. The third kappa shape index (κ3) is 32.9. The van der Waals surface area contributed by atoms with E-state index in [1.165, 1.54) is 73.6 Å². The lowest BCUT2D eigenvalue weighted by Gasteiger charge is -2.43. The van der Waals surface area contributed by atoms with Crippen molar-refractivity contribution in [3.63, 3.8) is 0 Å². The van der Waals surface area contributed by atoms with E-state index in [1.54, 1.807) is 6.92 Å². The van der Waals surface area contributed by atoms with Gasteiger partial charge in [0.2, 0.25) is 0 Å². The minimum absolute atomic E-state index is 0.0147. The first kappa shape index (κ1) is 117. The van der Waals surface area contributed by atoms with Crippen LogP contribution in [-0.2, 0) is 124 Å². The topological polar surface area (TPSA) is 362 Å². The van der Waals surface area contributed by atoms with Crippen molar-refractivity contribution in [2.24, 2.45) is 17.3 Å². The molecule has 2 bridgehead atoms. The Morgan fingerprint density at radius 2 is 0.921 bits per heavy atom. The summed E-state index contributed by atoms with van der Waals surface area (Å²) in [6.07, 6.45) is -27.5. The highest BCUT2D eigenvalue weighted by atomic mass is 19.4. The molecule has 6 unspecified atom stereocenters. The fraction of sp³-hybridized carbons (Fsp3) is 0.675. The summed E-state index contributed by atoms with van der Waals surface area (Å²) in [5, 5.41) is 9.18. The summed E-state index contributed by atoms with van der Waals surface area (Å²) in [5.41, 5.74) is -10.9. The zero-order chi connectivity index (χ0) is 99.6. The molecule has 6 atom stereocenters. The molecule has 1 saturated heterocycles.